The standard InChI is InChI=1S/C55H35N3O/c1-3-16-38(17-4-1)50-35-51(57-54(56-50)41-18-5-2-6-19-41)39-28-30-40(31-29-39)52-45-24-10-8-15-37(45)32-33-46(52)42-21-11-22-43(34-42)47-25-13-27-49-53(47)59-55(58-49)48-26-12-20-36-14-7-9-23-44(36)48/h1-35H. The zero-order valence-electron chi connectivity index (χ0n) is 32.0. The molecule has 0 N–H and O–H groups in total. The quantitative estimate of drug-likeness (QED) is 0.163. The summed E-state index contributed by atoms with van der Waals surface area (Å²) in [6, 6.07) is 74.1. The van der Waals surface area contributed by atoms with Crippen molar-refractivity contribution in [2.75, 3.05) is 0 Å². The molecule has 4 heteroatoms. The maximum absolute atomic E-state index is 6.64. The first kappa shape index (κ1) is 34.3. The van der Waals surface area contributed by atoms with Gasteiger partial charge in [-0.2, -0.15) is 0 Å². The van der Waals surface area contributed by atoms with Gasteiger partial charge >= 0.3 is 0 Å². The summed E-state index contributed by atoms with van der Waals surface area (Å²) in [4.78, 5) is 15.1. The number of fused-ring (bicyclic) bond motifs is 3. The Bertz CT molecular complexity index is 3250. The zero-order chi connectivity index (χ0) is 39.1. The fourth-order valence-corrected chi connectivity index (χ4v) is 8.26. The van der Waals surface area contributed by atoms with Crippen LogP contribution in [-0.4, -0.2) is 15.0 Å². The topological polar surface area (TPSA) is 51.8 Å². The van der Waals surface area contributed by atoms with Crippen LogP contribution < -0.4 is 0 Å². The van der Waals surface area contributed by atoms with Crippen molar-refractivity contribution in [3.8, 4) is 78.7 Å². The zero-order valence-corrected chi connectivity index (χ0v) is 32.0. The van der Waals surface area contributed by atoms with Gasteiger partial charge < -0.3 is 4.42 Å². The molecule has 59 heavy (non-hydrogen) atoms. The van der Waals surface area contributed by atoms with Crippen molar-refractivity contribution >= 4 is 32.6 Å². The van der Waals surface area contributed by atoms with E-state index in [9.17, 15) is 0 Å². The van der Waals surface area contributed by atoms with E-state index in [1.807, 2.05) is 42.5 Å². The van der Waals surface area contributed by atoms with Crippen LogP contribution >= 0.6 is 0 Å². The van der Waals surface area contributed by atoms with Crippen LogP contribution in [0.1, 0.15) is 0 Å². The van der Waals surface area contributed by atoms with Crippen molar-refractivity contribution in [3.63, 3.8) is 0 Å². The second kappa shape index (κ2) is 14.5. The number of aromatic nitrogens is 3. The summed E-state index contributed by atoms with van der Waals surface area (Å²) in [6.45, 7) is 0. The van der Waals surface area contributed by atoms with Gasteiger partial charge in [-0.25, -0.2) is 15.0 Å². The molecule has 0 aliphatic rings. The lowest BCUT2D eigenvalue weighted by Crippen LogP contribution is -1.96. The van der Waals surface area contributed by atoms with Crippen LogP contribution in [0.3, 0.4) is 0 Å². The summed E-state index contributed by atoms with van der Waals surface area (Å²) in [5.41, 5.74) is 14.1. The van der Waals surface area contributed by atoms with E-state index in [1.54, 1.807) is 0 Å². The molecule has 0 saturated carbocycles. The highest BCUT2D eigenvalue weighted by Gasteiger charge is 2.18. The van der Waals surface area contributed by atoms with Crippen molar-refractivity contribution in [2.24, 2.45) is 0 Å². The molecular formula is C55H35N3O. The van der Waals surface area contributed by atoms with Gasteiger partial charge in [-0.1, -0.05) is 188 Å². The summed E-state index contributed by atoms with van der Waals surface area (Å²) in [6.07, 6.45) is 0. The van der Waals surface area contributed by atoms with E-state index in [0.717, 1.165) is 83.3 Å². The van der Waals surface area contributed by atoms with Gasteiger partial charge in [-0.3, -0.25) is 0 Å². The molecule has 0 aliphatic heterocycles. The maximum atomic E-state index is 6.64. The molecule has 0 saturated heterocycles. The Morgan fingerprint density at radius 2 is 0.864 bits per heavy atom. The average molecular weight is 754 g/mol. The van der Waals surface area contributed by atoms with Gasteiger partial charge in [0.15, 0.2) is 11.4 Å². The van der Waals surface area contributed by atoms with Crippen LogP contribution in [0.2, 0.25) is 0 Å². The van der Waals surface area contributed by atoms with E-state index in [4.69, 9.17) is 19.4 Å². The number of para-hydroxylation sites is 1. The number of benzene rings is 9. The third kappa shape index (κ3) is 6.34. The molecule has 0 radical (unpaired) electrons. The Morgan fingerprint density at radius 3 is 1.63 bits per heavy atom. The molecule has 11 aromatic rings. The summed E-state index contributed by atoms with van der Waals surface area (Å²) in [7, 11) is 0. The summed E-state index contributed by atoms with van der Waals surface area (Å²) in [5.74, 6) is 1.32. The van der Waals surface area contributed by atoms with Crippen LogP contribution in [0, 0.1) is 0 Å². The normalized spacial score (nSPS) is 11.4. The van der Waals surface area contributed by atoms with Crippen LogP contribution in [0.25, 0.3) is 111 Å². The van der Waals surface area contributed by atoms with Gasteiger partial charge in [0.05, 0.1) is 11.4 Å². The summed E-state index contributed by atoms with van der Waals surface area (Å²) >= 11 is 0. The smallest absolute Gasteiger partial charge is 0.227 e. The van der Waals surface area contributed by atoms with E-state index < -0.39 is 0 Å². The highest BCUT2D eigenvalue weighted by atomic mass is 16.3. The van der Waals surface area contributed by atoms with E-state index >= 15 is 0 Å². The maximum Gasteiger partial charge on any atom is 0.227 e. The lowest BCUT2D eigenvalue weighted by molar-refractivity contribution is 0.621. The monoisotopic (exact) mass is 753 g/mol. The van der Waals surface area contributed by atoms with Gasteiger partial charge in [-0.15, -0.1) is 0 Å². The molecule has 2 aromatic heterocycles. The summed E-state index contributed by atoms with van der Waals surface area (Å²) < 4.78 is 6.64. The first-order valence-electron chi connectivity index (χ1n) is 19.8. The number of oxazole rings is 1. The molecule has 0 spiro atoms. The highest BCUT2D eigenvalue weighted by Crippen LogP contribution is 2.41. The molecule has 0 bridgehead atoms. The van der Waals surface area contributed by atoms with E-state index in [2.05, 4.69) is 170 Å². The van der Waals surface area contributed by atoms with Gasteiger partial charge in [0.1, 0.15) is 5.52 Å². The Hall–Kier alpha value is -7.95. The Labute approximate surface area is 341 Å². The lowest BCUT2D eigenvalue weighted by atomic mass is 9.88. The van der Waals surface area contributed by atoms with E-state index in [1.165, 1.54) is 16.3 Å². The van der Waals surface area contributed by atoms with E-state index in [0.29, 0.717) is 11.7 Å². The molecular weight excluding hydrogens is 719 g/mol. The first-order chi connectivity index (χ1) is 29.2. The average Bonchev–Trinajstić information content (AvgIpc) is 3.76. The van der Waals surface area contributed by atoms with Gasteiger partial charge in [0.2, 0.25) is 5.89 Å². The minimum atomic E-state index is 0.621. The predicted molar refractivity (Wildman–Crippen MR) is 243 cm³/mol. The lowest BCUT2D eigenvalue weighted by Gasteiger charge is -2.16. The second-order valence-electron chi connectivity index (χ2n) is 14.8. The second-order valence-corrected chi connectivity index (χ2v) is 14.8. The number of rotatable bonds is 7. The molecule has 0 amide bonds. The molecule has 0 unspecified atom stereocenters. The van der Waals surface area contributed by atoms with Crippen molar-refractivity contribution in [3.05, 3.63) is 212 Å². The predicted octanol–water partition coefficient (Wildman–Crippen LogP) is 14.6. The van der Waals surface area contributed by atoms with Gasteiger partial charge in [-0.05, 0) is 73.6 Å². The van der Waals surface area contributed by atoms with E-state index in [-0.39, 0.29) is 0 Å². The molecule has 276 valence electrons. The van der Waals surface area contributed by atoms with Gasteiger partial charge in [0.25, 0.3) is 0 Å². The van der Waals surface area contributed by atoms with Crippen LogP contribution in [0.4, 0.5) is 0 Å². The Balaban J connectivity index is 1.01. The van der Waals surface area contributed by atoms with Crippen molar-refractivity contribution in [1.82, 2.24) is 15.0 Å². The van der Waals surface area contributed by atoms with Crippen molar-refractivity contribution < 1.29 is 4.42 Å². The number of hydrogen-bond acceptors (Lipinski definition) is 4. The fraction of sp³-hybridized carbons (Fsp3) is 0. The number of hydrogen-bond donors (Lipinski definition) is 0. The van der Waals surface area contributed by atoms with Gasteiger partial charge in [0, 0.05) is 27.8 Å². The van der Waals surface area contributed by atoms with Crippen LogP contribution in [-0.2, 0) is 0 Å². The molecule has 0 fully saturated rings. The number of nitrogens with zero attached hydrogens (tertiary/aromatic N) is 3. The largest absolute Gasteiger partial charge is 0.435 e. The molecule has 0 aliphatic carbocycles. The molecule has 0 atom stereocenters. The first-order valence-corrected chi connectivity index (χ1v) is 19.8. The third-order valence-electron chi connectivity index (χ3n) is 11.1. The SMILES string of the molecule is c1ccc(-c2cc(-c3ccc(-c4c(-c5cccc(-c6cccc7nc(-c8cccc9ccccc89)oc67)c5)ccc5ccccc45)cc3)nc(-c3ccccc3)n2)cc1. The van der Waals surface area contributed by atoms with Crippen molar-refractivity contribution in [1.29, 1.82) is 0 Å². The molecule has 4 nitrogen and oxygen atoms in total. The highest BCUT2D eigenvalue weighted by molar-refractivity contribution is 6.05. The minimum Gasteiger partial charge on any atom is -0.435 e. The molecule has 11 rings (SSSR count). The summed E-state index contributed by atoms with van der Waals surface area (Å²) in [5, 5.41) is 4.66. The van der Waals surface area contributed by atoms with Crippen molar-refractivity contribution in [2.45, 2.75) is 0 Å². The fourth-order valence-electron chi connectivity index (χ4n) is 8.26. The van der Waals surface area contributed by atoms with Crippen LogP contribution in [0.5, 0.6) is 0 Å². The Morgan fingerprint density at radius 1 is 0.322 bits per heavy atom. The molecule has 9 aromatic carbocycles. The third-order valence-corrected chi connectivity index (χ3v) is 11.1. The van der Waals surface area contributed by atoms with Crippen LogP contribution in [0.15, 0.2) is 217 Å². The minimum absolute atomic E-state index is 0.621. The molecule has 2 heterocycles. The Kier molecular flexibility index (Phi) is 8.45.